The molecule has 0 aliphatic heterocycles. The van der Waals surface area contributed by atoms with Crippen molar-refractivity contribution in [2.24, 2.45) is 0 Å². The van der Waals surface area contributed by atoms with E-state index >= 15 is 0 Å². The highest BCUT2D eigenvalue weighted by Crippen LogP contribution is 2.20. The van der Waals surface area contributed by atoms with Gasteiger partial charge in [0.1, 0.15) is 0 Å². The Morgan fingerprint density at radius 1 is 1.17 bits per heavy atom. The summed E-state index contributed by atoms with van der Waals surface area (Å²) in [6.07, 6.45) is 1.81. The molecular weight excluding hydrogens is 392 g/mol. The lowest BCUT2D eigenvalue weighted by molar-refractivity contribution is 0.0935. The molecule has 0 aliphatic rings. The summed E-state index contributed by atoms with van der Waals surface area (Å²) in [7, 11) is -3.38. The molecule has 2 rings (SSSR count). The van der Waals surface area contributed by atoms with Gasteiger partial charge >= 0.3 is 0 Å². The molecule has 0 fully saturated rings. The highest BCUT2D eigenvalue weighted by atomic mass is 79.9. The Labute approximate surface area is 150 Å². The van der Waals surface area contributed by atoms with E-state index in [1.165, 1.54) is 6.07 Å². The standard InChI is InChI=1S/C17H19BrN2O3S/c1-3-16(12-7-9-14(18)10-8-12)19-17(21)13-5-4-6-15(11-13)20-24(2,22)23/h4-11,16,20H,3H2,1-2H3,(H,19,21). The largest absolute Gasteiger partial charge is 0.345 e. The maximum atomic E-state index is 12.5. The molecule has 0 heterocycles. The Morgan fingerprint density at radius 2 is 1.83 bits per heavy atom. The zero-order valence-electron chi connectivity index (χ0n) is 13.4. The number of carbonyl (C=O) groups is 1. The third-order valence-corrected chi connectivity index (χ3v) is 4.55. The Bertz CT molecular complexity index is 820. The van der Waals surface area contributed by atoms with E-state index in [2.05, 4.69) is 26.0 Å². The Kier molecular flexibility index (Phi) is 6.01. The van der Waals surface area contributed by atoms with Crippen LogP contribution in [0.4, 0.5) is 5.69 Å². The molecule has 5 nitrogen and oxygen atoms in total. The highest BCUT2D eigenvalue weighted by Gasteiger charge is 2.15. The normalized spacial score (nSPS) is 12.5. The van der Waals surface area contributed by atoms with E-state index in [0.717, 1.165) is 22.7 Å². The number of amides is 1. The molecule has 0 aromatic heterocycles. The van der Waals surface area contributed by atoms with E-state index in [1.54, 1.807) is 18.2 Å². The van der Waals surface area contributed by atoms with Gasteiger partial charge in [-0.2, -0.15) is 0 Å². The van der Waals surface area contributed by atoms with E-state index in [4.69, 9.17) is 0 Å². The van der Waals surface area contributed by atoms with Crippen molar-refractivity contribution in [1.29, 1.82) is 0 Å². The Hall–Kier alpha value is -1.86. The number of carbonyl (C=O) groups excluding carboxylic acids is 1. The van der Waals surface area contributed by atoms with Gasteiger partial charge in [0, 0.05) is 15.7 Å². The number of hydrogen-bond donors (Lipinski definition) is 2. The first-order valence-corrected chi connectivity index (χ1v) is 10.1. The third-order valence-electron chi connectivity index (χ3n) is 3.41. The lowest BCUT2D eigenvalue weighted by Gasteiger charge is -2.18. The summed E-state index contributed by atoms with van der Waals surface area (Å²) in [5.41, 5.74) is 1.78. The number of sulfonamides is 1. The van der Waals surface area contributed by atoms with Gasteiger partial charge < -0.3 is 5.32 Å². The fourth-order valence-corrected chi connectivity index (χ4v) is 3.12. The topological polar surface area (TPSA) is 75.3 Å². The van der Waals surface area contributed by atoms with E-state index < -0.39 is 10.0 Å². The van der Waals surface area contributed by atoms with E-state index in [1.807, 2.05) is 31.2 Å². The molecule has 7 heteroatoms. The maximum Gasteiger partial charge on any atom is 0.251 e. The van der Waals surface area contributed by atoms with Crippen molar-refractivity contribution in [3.05, 3.63) is 64.1 Å². The van der Waals surface area contributed by atoms with Crippen LogP contribution in [0.2, 0.25) is 0 Å². The molecule has 2 N–H and O–H groups in total. The molecule has 0 spiro atoms. The first kappa shape index (κ1) is 18.5. The van der Waals surface area contributed by atoms with Gasteiger partial charge in [0.15, 0.2) is 0 Å². The molecule has 0 radical (unpaired) electrons. The van der Waals surface area contributed by atoms with Crippen LogP contribution in [0.3, 0.4) is 0 Å². The van der Waals surface area contributed by atoms with Crippen molar-refractivity contribution in [1.82, 2.24) is 5.32 Å². The second kappa shape index (κ2) is 7.81. The van der Waals surface area contributed by atoms with Gasteiger partial charge in [0.25, 0.3) is 5.91 Å². The van der Waals surface area contributed by atoms with Gasteiger partial charge in [-0.1, -0.05) is 41.1 Å². The second-order valence-corrected chi connectivity index (χ2v) is 8.11. The second-order valence-electron chi connectivity index (χ2n) is 5.44. The summed E-state index contributed by atoms with van der Waals surface area (Å²) in [4.78, 5) is 12.5. The van der Waals surface area contributed by atoms with Crippen molar-refractivity contribution in [3.8, 4) is 0 Å². The van der Waals surface area contributed by atoms with Gasteiger partial charge in [-0.05, 0) is 42.3 Å². The van der Waals surface area contributed by atoms with Crippen molar-refractivity contribution in [2.45, 2.75) is 19.4 Å². The average Bonchev–Trinajstić information content (AvgIpc) is 2.52. The molecule has 0 saturated heterocycles. The minimum absolute atomic E-state index is 0.114. The SMILES string of the molecule is CCC(NC(=O)c1cccc(NS(C)(=O)=O)c1)c1ccc(Br)cc1. The lowest BCUT2D eigenvalue weighted by Crippen LogP contribution is -2.28. The Balaban J connectivity index is 2.16. The fraction of sp³-hybridized carbons (Fsp3) is 0.235. The quantitative estimate of drug-likeness (QED) is 0.761. The molecule has 0 bridgehead atoms. The summed E-state index contributed by atoms with van der Waals surface area (Å²) >= 11 is 3.39. The summed E-state index contributed by atoms with van der Waals surface area (Å²) in [6, 6.07) is 14.1. The number of rotatable bonds is 6. The fourth-order valence-electron chi connectivity index (χ4n) is 2.30. The van der Waals surface area contributed by atoms with Gasteiger partial charge in [0.2, 0.25) is 10.0 Å². The van der Waals surface area contributed by atoms with Crippen LogP contribution in [0.15, 0.2) is 53.0 Å². The third kappa shape index (κ3) is 5.35. The van der Waals surface area contributed by atoms with Gasteiger partial charge in [-0.3, -0.25) is 9.52 Å². The number of hydrogen-bond acceptors (Lipinski definition) is 3. The van der Waals surface area contributed by atoms with Crippen molar-refractivity contribution < 1.29 is 13.2 Å². The number of anilines is 1. The smallest absolute Gasteiger partial charge is 0.251 e. The average molecular weight is 411 g/mol. The summed E-state index contributed by atoms with van der Waals surface area (Å²) in [5.74, 6) is -0.248. The lowest BCUT2D eigenvalue weighted by atomic mass is 10.0. The van der Waals surface area contributed by atoms with Crippen LogP contribution in [-0.2, 0) is 10.0 Å². The minimum Gasteiger partial charge on any atom is -0.345 e. The first-order chi connectivity index (χ1) is 11.3. The van der Waals surface area contributed by atoms with E-state index in [0.29, 0.717) is 11.3 Å². The Morgan fingerprint density at radius 3 is 2.42 bits per heavy atom. The minimum atomic E-state index is -3.38. The van der Waals surface area contributed by atoms with Crippen molar-refractivity contribution >= 4 is 37.5 Å². The number of nitrogens with one attached hydrogen (secondary N) is 2. The van der Waals surface area contributed by atoms with E-state index in [9.17, 15) is 13.2 Å². The molecule has 0 aliphatic carbocycles. The van der Waals surface area contributed by atoms with Crippen LogP contribution in [0.5, 0.6) is 0 Å². The summed E-state index contributed by atoms with van der Waals surface area (Å²) < 4.78 is 26.0. The monoisotopic (exact) mass is 410 g/mol. The summed E-state index contributed by atoms with van der Waals surface area (Å²) in [6.45, 7) is 1.99. The molecule has 2 aromatic rings. The van der Waals surface area contributed by atoms with Gasteiger partial charge in [-0.25, -0.2) is 8.42 Å². The van der Waals surface area contributed by atoms with E-state index in [-0.39, 0.29) is 11.9 Å². The molecule has 2 aromatic carbocycles. The number of benzene rings is 2. The maximum absolute atomic E-state index is 12.5. The molecular formula is C17H19BrN2O3S. The van der Waals surface area contributed by atoms with Crippen LogP contribution in [-0.4, -0.2) is 20.6 Å². The van der Waals surface area contributed by atoms with Crippen LogP contribution < -0.4 is 10.0 Å². The van der Waals surface area contributed by atoms with Crippen molar-refractivity contribution in [3.63, 3.8) is 0 Å². The molecule has 1 atom stereocenters. The predicted molar refractivity (Wildman–Crippen MR) is 99.5 cm³/mol. The molecule has 1 amide bonds. The molecule has 1 unspecified atom stereocenters. The first-order valence-electron chi connectivity index (χ1n) is 7.42. The van der Waals surface area contributed by atoms with Crippen LogP contribution in [0.1, 0.15) is 35.3 Å². The number of halogens is 1. The zero-order chi connectivity index (χ0) is 17.7. The van der Waals surface area contributed by atoms with Crippen LogP contribution in [0, 0.1) is 0 Å². The predicted octanol–water partition coefficient (Wildman–Crippen LogP) is 3.70. The van der Waals surface area contributed by atoms with Gasteiger partial charge in [-0.15, -0.1) is 0 Å². The zero-order valence-corrected chi connectivity index (χ0v) is 15.8. The van der Waals surface area contributed by atoms with Crippen molar-refractivity contribution in [2.75, 3.05) is 11.0 Å². The highest BCUT2D eigenvalue weighted by molar-refractivity contribution is 9.10. The summed E-state index contributed by atoms with van der Waals surface area (Å²) in [5, 5.41) is 2.98. The molecule has 0 saturated carbocycles. The van der Waals surface area contributed by atoms with Crippen LogP contribution >= 0.6 is 15.9 Å². The molecule has 128 valence electrons. The molecule has 24 heavy (non-hydrogen) atoms. The van der Waals surface area contributed by atoms with Crippen LogP contribution in [0.25, 0.3) is 0 Å². The van der Waals surface area contributed by atoms with Gasteiger partial charge in [0.05, 0.1) is 12.3 Å².